The molecule has 0 fully saturated rings. The van der Waals surface area contributed by atoms with E-state index in [2.05, 4.69) is 32.7 Å². The van der Waals surface area contributed by atoms with Crippen LogP contribution in [0.25, 0.3) is 22.4 Å². The van der Waals surface area contributed by atoms with Crippen LogP contribution in [-0.4, -0.2) is 14.8 Å². The Hall–Kier alpha value is -1.96. The van der Waals surface area contributed by atoms with Crippen molar-refractivity contribution in [2.45, 2.75) is 0 Å². The monoisotopic (exact) mass is 394 g/mol. The number of halogens is 2. The van der Waals surface area contributed by atoms with E-state index in [-0.39, 0.29) is 5.82 Å². The van der Waals surface area contributed by atoms with Gasteiger partial charge in [0, 0.05) is 28.6 Å². The molecule has 0 saturated heterocycles. The minimum atomic E-state index is -0.266. The molecule has 0 amide bonds. The minimum Gasteiger partial charge on any atom is -0.383 e. The van der Waals surface area contributed by atoms with E-state index < -0.39 is 0 Å². The molecular weight excluding hydrogens is 382 g/mol. The Morgan fingerprint density at radius 2 is 1.90 bits per heavy atom. The fraction of sp³-hybridized carbons (Fsp3) is 0.0667. The second-order valence-corrected chi connectivity index (χ2v) is 5.75. The SMILES string of the molecule is Cn1nc(-c2ccc(F)cc2I)c(-c2ccncc2)c1N. The van der Waals surface area contributed by atoms with Crippen LogP contribution in [0.3, 0.4) is 0 Å². The summed E-state index contributed by atoms with van der Waals surface area (Å²) in [6.45, 7) is 0. The third kappa shape index (κ3) is 2.51. The molecule has 21 heavy (non-hydrogen) atoms. The summed E-state index contributed by atoms with van der Waals surface area (Å²) in [5, 5.41) is 4.49. The van der Waals surface area contributed by atoms with Crippen molar-refractivity contribution in [3.05, 3.63) is 52.1 Å². The van der Waals surface area contributed by atoms with Crippen molar-refractivity contribution in [3.8, 4) is 22.4 Å². The number of nitrogens with zero attached hydrogens (tertiary/aromatic N) is 3. The Morgan fingerprint density at radius 3 is 2.57 bits per heavy atom. The maximum absolute atomic E-state index is 13.3. The minimum absolute atomic E-state index is 0.266. The molecule has 0 atom stereocenters. The lowest BCUT2D eigenvalue weighted by atomic mass is 10.0. The highest BCUT2D eigenvalue weighted by Crippen LogP contribution is 2.37. The summed E-state index contributed by atoms with van der Waals surface area (Å²) in [4.78, 5) is 4.02. The fourth-order valence-corrected chi connectivity index (χ4v) is 2.94. The van der Waals surface area contributed by atoms with Crippen LogP contribution >= 0.6 is 22.6 Å². The summed E-state index contributed by atoms with van der Waals surface area (Å²) < 4.78 is 15.7. The average molecular weight is 394 g/mol. The maximum Gasteiger partial charge on any atom is 0.129 e. The van der Waals surface area contributed by atoms with Crippen LogP contribution in [0.1, 0.15) is 0 Å². The zero-order valence-corrected chi connectivity index (χ0v) is 13.4. The number of rotatable bonds is 2. The van der Waals surface area contributed by atoms with Crippen molar-refractivity contribution < 1.29 is 4.39 Å². The number of nitrogens with two attached hydrogens (primary N) is 1. The average Bonchev–Trinajstić information content (AvgIpc) is 2.75. The zero-order chi connectivity index (χ0) is 15.0. The van der Waals surface area contributed by atoms with E-state index in [0.717, 1.165) is 26.0 Å². The highest BCUT2D eigenvalue weighted by atomic mass is 127. The highest BCUT2D eigenvalue weighted by Gasteiger charge is 2.19. The number of aryl methyl sites for hydroxylation is 1. The number of nitrogen functional groups attached to an aromatic ring is 1. The molecule has 1 aromatic carbocycles. The lowest BCUT2D eigenvalue weighted by Gasteiger charge is -2.06. The van der Waals surface area contributed by atoms with E-state index in [1.54, 1.807) is 30.2 Å². The van der Waals surface area contributed by atoms with Gasteiger partial charge in [-0.2, -0.15) is 5.10 Å². The van der Waals surface area contributed by atoms with Crippen LogP contribution in [0.15, 0.2) is 42.7 Å². The second kappa shape index (κ2) is 5.44. The van der Waals surface area contributed by atoms with E-state index in [1.807, 2.05) is 12.1 Å². The van der Waals surface area contributed by atoms with Gasteiger partial charge in [0.15, 0.2) is 0 Å². The molecule has 0 spiro atoms. The van der Waals surface area contributed by atoms with Gasteiger partial charge in [-0.25, -0.2) is 4.39 Å². The molecule has 106 valence electrons. The van der Waals surface area contributed by atoms with Gasteiger partial charge >= 0.3 is 0 Å². The summed E-state index contributed by atoms with van der Waals surface area (Å²) in [6, 6.07) is 8.40. The number of benzene rings is 1. The summed E-state index contributed by atoms with van der Waals surface area (Å²) >= 11 is 2.10. The van der Waals surface area contributed by atoms with Crippen molar-refractivity contribution >= 4 is 28.4 Å². The third-order valence-electron chi connectivity index (χ3n) is 3.25. The van der Waals surface area contributed by atoms with Gasteiger partial charge in [-0.3, -0.25) is 9.67 Å². The number of anilines is 1. The molecule has 0 aliphatic carbocycles. The molecule has 3 rings (SSSR count). The molecule has 2 N–H and O–H groups in total. The molecule has 0 unspecified atom stereocenters. The Labute approximate surface area is 135 Å². The molecule has 2 aromatic heterocycles. The molecular formula is C15H12FIN4. The lowest BCUT2D eigenvalue weighted by molar-refractivity contribution is 0.627. The maximum atomic E-state index is 13.3. The number of aromatic nitrogens is 3. The Kier molecular flexibility index (Phi) is 3.62. The van der Waals surface area contributed by atoms with Gasteiger partial charge < -0.3 is 5.73 Å². The van der Waals surface area contributed by atoms with Crippen LogP contribution in [0.2, 0.25) is 0 Å². The van der Waals surface area contributed by atoms with Gasteiger partial charge in [-0.05, 0) is 58.5 Å². The third-order valence-corrected chi connectivity index (χ3v) is 4.14. The van der Waals surface area contributed by atoms with Gasteiger partial charge in [0.2, 0.25) is 0 Å². The lowest BCUT2D eigenvalue weighted by Crippen LogP contribution is -1.97. The first-order chi connectivity index (χ1) is 10.1. The fourth-order valence-electron chi connectivity index (χ4n) is 2.21. The summed E-state index contributed by atoms with van der Waals surface area (Å²) in [5.74, 6) is 0.300. The molecule has 4 nitrogen and oxygen atoms in total. The zero-order valence-electron chi connectivity index (χ0n) is 11.2. The van der Waals surface area contributed by atoms with Gasteiger partial charge in [0.05, 0.1) is 5.56 Å². The largest absolute Gasteiger partial charge is 0.383 e. The van der Waals surface area contributed by atoms with Crippen LogP contribution in [0.4, 0.5) is 10.2 Å². The predicted octanol–water partition coefficient (Wildman–Crippen LogP) is 3.48. The first-order valence-electron chi connectivity index (χ1n) is 6.26. The summed E-state index contributed by atoms with van der Waals surface area (Å²) in [5.41, 5.74) is 9.53. The van der Waals surface area contributed by atoms with Crippen molar-refractivity contribution in [2.75, 3.05) is 5.73 Å². The highest BCUT2D eigenvalue weighted by molar-refractivity contribution is 14.1. The van der Waals surface area contributed by atoms with Crippen molar-refractivity contribution in [1.82, 2.24) is 14.8 Å². The van der Waals surface area contributed by atoms with E-state index in [0.29, 0.717) is 5.82 Å². The van der Waals surface area contributed by atoms with Gasteiger partial charge in [-0.1, -0.05) is 0 Å². The molecule has 0 bridgehead atoms. The van der Waals surface area contributed by atoms with E-state index in [9.17, 15) is 4.39 Å². The van der Waals surface area contributed by atoms with E-state index >= 15 is 0 Å². The van der Waals surface area contributed by atoms with Crippen molar-refractivity contribution in [2.24, 2.45) is 7.05 Å². The number of pyridine rings is 1. The molecule has 6 heteroatoms. The molecule has 2 heterocycles. The van der Waals surface area contributed by atoms with Gasteiger partial charge in [0.25, 0.3) is 0 Å². The first kappa shape index (κ1) is 14.0. The van der Waals surface area contributed by atoms with Crippen LogP contribution in [0, 0.1) is 9.39 Å². The van der Waals surface area contributed by atoms with Gasteiger partial charge in [0.1, 0.15) is 17.3 Å². The summed E-state index contributed by atoms with van der Waals surface area (Å²) in [6.07, 6.45) is 3.42. The molecule has 0 aliphatic rings. The Morgan fingerprint density at radius 1 is 1.19 bits per heavy atom. The Balaban J connectivity index is 2.27. The predicted molar refractivity (Wildman–Crippen MR) is 89.0 cm³/mol. The molecule has 0 saturated carbocycles. The first-order valence-corrected chi connectivity index (χ1v) is 7.34. The quantitative estimate of drug-likeness (QED) is 0.678. The second-order valence-electron chi connectivity index (χ2n) is 4.59. The smallest absolute Gasteiger partial charge is 0.129 e. The summed E-state index contributed by atoms with van der Waals surface area (Å²) in [7, 11) is 1.79. The van der Waals surface area contributed by atoms with Crippen LogP contribution in [-0.2, 0) is 7.05 Å². The van der Waals surface area contributed by atoms with E-state index in [4.69, 9.17) is 5.73 Å². The van der Waals surface area contributed by atoms with Gasteiger partial charge in [-0.15, -0.1) is 0 Å². The normalized spacial score (nSPS) is 10.8. The van der Waals surface area contributed by atoms with Crippen LogP contribution < -0.4 is 5.73 Å². The molecule has 0 radical (unpaired) electrons. The van der Waals surface area contributed by atoms with Crippen molar-refractivity contribution in [3.63, 3.8) is 0 Å². The topological polar surface area (TPSA) is 56.7 Å². The molecule has 3 aromatic rings. The molecule has 0 aliphatic heterocycles. The van der Waals surface area contributed by atoms with Crippen LogP contribution in [0.5, 0.6) is 0 Å². The van der Waals surface area contributed by atoms with E-state index in [1.165, 1.54) is 12.1 Å². The number of hydrogen-bond acceptors (Lipinski definition) is 3. The standard InChI is InChI=1S/C15H12FIN4/c1-21-15(18)13(9-4-6-19-7-5-9)14(20-21)11-3-2-10(16)8-12(11)17/h2-8H,18H2,1H3. The Bertz CT molecular complexity index is 799. The number of hydrogen-bond donors (Lipinski definition) is 1. The van der Waals surface area contributed by atoms with Crippen molar-refractivity contribution in [1.29, 1.82) is 0 Å².